The van der Waals surface area contributed by atoms with E-state index in [0.717, 1.165) is 0 Å². The van der Waals surface area contributed by atoms with Crippen LogP contribution in [0.4, 0.5) is 0 Å². The van der Waals surface area contributed by atoms with Gasteiger partial charge in [0.15, 0.2) is 5.96 Å². The highest BCUT2D eigenvalue weighted by Crippen LogP contribution is 2.00. The zero-order valence-corrected chi connectivity index (χ0v) is 16.7. The minimum Gasteiger partial charge on any atom is -0.481 e. The van der Waals surface area contributed by atoms with Crippen LogP contribution in [0.5, 0.6) is 0 Å². The summed E-state index contributed by atoms with van der Waals surface area (Å²) in [5, 5.41) is 33.4. The van der Waals surface area contributed by atoms with Gasteiger partial charge < -0.3 is 48.5 Å². The highest BCUT2D eigenvalue weighted by molar-refractivity contribution is 5.92. The summed E-state index contributed by atoms with van der Waals surface area (Å²) in [5.41, 5.74) is 15.7. The van der Waals surface area contributed by atoms with Gasteiger partial charge in [0.2, 0.25) is 17.7 Å². The first-order valence-corrected chi connectivity index (χ1v) is 9.21. The molecule has 0 rings (SSSR count). The number of nitrogens with zero attached hydrogens (tertiary/aromatic N) is 1. The number of guanidine groups is 1. The SMILES string of the molecule is NC(N)=NCCCC(NC(=O)CNC(=O)C(CCC(=O)O)NC(=O)C(N)CO)C(=O)O. The predicted octanol–water partition coefficient (Wildman–Crippen LogP) is -4.61. The second-order valence-electron chi connectivity index (χ2n) is 6.41. The molecule has 12 N–H and O–H groups in total. The summed E-state index contributed by atoms with van der Waals surface area (Å²) in [7, 11) is 0. The fourth-order valence-electron chi connectivity index (χ4n) is 2.20. The van der Waals surface area contributed by atoms with Gasteiger partial charge in [0.05, 0.1) is 13.2 Å². The van der Waals surface area contributed by atoms with E-state index in [2.05, 4.69) is 20.9 Å². The van der Waals surface area contributed by atoms with Gasteiger partial charge in [-0.15, -0.1) is 0 Å². The third-order valence-corrected chi connectivity index (χ3v) is 3.82. The number of nitrogens with one attached hydrogen (secondary N) is 3. The van der Waals surface area contributed by atoms with Crippen molar-refractivity contribution in [3.63, 3.8) is 0 Å². The quantitative estimate of drug-likeness (QED) is 0.0654. The molecule has 0 saturated carbocycles. The Hall–Kier alpha value is -3.46. The maximum Gasteiger partial charge on any atom is 0.326 e. The maximum absolute atomic E-state index is 12.2. The third kappa shape index (κ3) is 12.7. The van der Waals surface area contributed by atoms with Gasteiger partial charge in [0.1, 0.15) is 18.1 Å². The Morgan fingerprint density at radius 2 is 1.58 bits per heavy atom. The molecule has 31 heavy (non-hydrogen) atoms. The van der Waals surface area contributed by atoms with E-state index in [0.29, 0.717) is 0 Å². The molecule has 0 aromatic heterocycles. The van der Waals surface area contributed by atoms with Crippen LogP contribution >= 0.6 is 0 Å². The molecule has 0 aliphatic carbocycles. The van der Waals surface area contributed by atoms with Gasteiger partial charge >= 0.3 is 11.9 Å². The lowest BCUT2D eigenvalue weighted by Gasteiger charge is -2.20. The summed E-state index contributed by atoms with van der Waals surface area (Å²) in [6, 6.07) is -3.90. The topological polar surface area (TPSA) is 273 Å². The number of hydrogen-bond donors (Lipinski definition) is 9. The van der Waals surface area contributed by atoms with Crippen molar-refractivity contribution in [3.05, 3.63) is 0 Å². The number of carboxylic acids is 2. The number of carbonyl (C=O) groups is 5. The van der Waals surface area contributed by atoms with Gasteiger partial charge in [-0.2, -0.15) is 0 Å². The molecule has 0 radical (unpaired) electrons. The number of hydrogen-bond acceptors (Lipinski definition) is 8. The number of nitrogens with two attached hydrogens (primary N) is 3. The van der Waals surface area contributed by atoms with Crippen molar-refractivity contribution in [2.24, 2.45) is 22.2 Å². The molecule has 0 aromatic carbocycles. The van der Waals surface area contributed by atoms with Crippen LogP contribution in [-0.2, 0) is 24.0 Å². The molecule has 0 aliphatic heterocycles. The Balaban J connectivity index is 4.78. The number of rotatable bonds is 15. The summed E-state index contributed by atoms with van der Waals surface area (Å²) < 4.78 is 0. The number of carboxylic acid groups (broad SMARTS) is 2. The zero-order valence-electron chi connectivity index (χ0n) is 16.7. The molecule has 0 heterocycles. The molecule has 0 aliphatic rings. The van der Waals surface area contributed by atoms with E-state index < -0.39 is 67.4 Å². The highest BCUT2D eigenvalue weighted by atomic mass is 16.4. The summed E-state index contributed by atoms with van der Waals surface area (Å²) in [5.74, 6) is -5.25. The molecule has 15 heteroatoms. The minimum absolute atomic E-state index is 0.0299. The second-order valence-corrected chi connectivity index (χ2v) is 6.41. The number of amides is 3. The van der Waals surface area contributed by atoms with Gasteiger partial charge in [0.25, 0.3) is 0 Å². The van der Waals surface area contributed by atoms with Crippen molar-refractivity contribution in [1.82, 2.24) is 16.0 Å². The molecule has 176 valence electrons. The molecule has 3 amide bonds. The monoisotopic (exact) mass is 447 g/mol. The molecule has 0 bridgehead atoms. The van der Waals surface area contributed by atoms with Gasteiger partial charge in [-0.3, -0.25) is 24.2 Å². The van der Waals surface area contributed by atoms with Crippen LogP contribution < -0.4 is 33.2 Å². The molecule has 3 unspecified atom stereocenters. The van der Waals surface area contributed by atoms with E-state index in [1.807, 2.05) is 0 Å². The van der Waals surface area contributed by atoms with Crippen LogP contribution in [0.1, 0.15) is 25.7 Å². The van der Waals surface area contributed by atoms with Crippen LogP contribution in [0.2, 0.25) is 0 Å². The Labute approximate surface area is 177 Å². The number of aliphatic hydroxyl groups excluding tert-OH is 1. The summed E-state index contributed by atoms with van der Waals surface area (Å²) >= 11 is 0. The van der Waals surface area contributed by atoms with Crippen LogP contribution in [0.3, 0.4) is 0 Å². The van der Waals surface area contributed by atoms with Crippen molar-refractivity contribution < 1.29 is 39.3 Å². The van der Waals surface area contributed by atoms with Crippen molar-refractivity contribution in [1.29, 1.82) is 0 Å². The average molecular weight is 447 g/mol. The van der Waals surface area contributed by atoms with Crippen LogP contribution in [-0.4, -0.2) is 88.8 Å². The van der Waals surface area contributed by atoms with E-state index >= 15 is 0 Å². The van der Waals surface area contributed by atoms with Gasteiger partial charge in [-0.25, -0.2) is 4.79 Å². The Kier molecular flexibility index (Phi) is 12.9. The first kappa shape index (κ1) is 27.5. The first-order valence-electron chi connectivity index (χ1n) is 9.21. The van der Waals surface area contributed by atoms with E-state index in [4.69, 9.17) is 27.4 Å². The standard InChI is InChI=1S/C16H29N7O8/c17-8(7-24)13(28)23-9(3-4-12(26)27)14(29)21-6-11(25)22-10(15(30)31)2-1-5-20-16(18)19/h8-10,24H,1-7,17H2,(H,21,29)(H,22,25)(H,23,28)(H,26,27)(H,30,31)(H4,18,19,20). The average Bonchev–Trinajstić information content (AvgIpc) is 2.69. The number of aliphatic imine (C=N–C) groups is 1. The Morgan fingerprint density at radius 3 is 2.10 bits per heavy atom. The van der Waals surface area contributed by atoms with Crippen molar-refractivity contribution in [3.8, 4) is 0 Å². The van der Waals surface area contributed by atoms with Gasteiger partial charge in [0, 0.05) is 13.0 Å². The normalized spacial score (nSPS) is 13.2. The Morgan fingerprint density at radius 1 is 0.935 bits per heavy atom. The molecular weight excluding hydrogens is 418 g/mol. The molecule has 3 atom stereocenters. The predicted molar refractivity (Wildman–Crippen MR) is 106 cm³/mol. The van der Waals surface area contributed by atoms with Crippen molar-refractivity contribution in [2.75, 3.05) is 19.7 Å². The molecule has 15 nitrogen and oxygen atoms in total. The van der Waals surface area contributed by atoms with Crippen LogP contribution in [0.25, 0.3) is 0 Å². The summed E-state index contributed by atoms with van der Waals surface area (Å²) in [6.07, 6.45) is -0.455. The highest BCUT2D eigenvalue weighted by Gasteiger charge is 2.25. The van der Waals surface area contributed by atoms with Crippen LogP contribution in [0, 0.1) is 0 Å². The Bertz CT molecular complexity index is 681. The fraction of sp³-hybridized carbons (Fsp3) is 0.625. The van der Waals surface area contributed by atoms with E-state index in [-0.39, 0.29) is 31.8 Å². The number of carbonyl (C=O) groups excluding carboxylic acids is 3. The zero-order chi connectivity index (χ0) is 24.0. The smallest absolute Gasteiger partial charge is 0.326 e. The minimum atomic E-state index is -1.33. The van der Waals surface area contributed by atoms with E-state index in [9.17, 15) is 29.1 Å². The lowest BCUT2D eigenvalue weighted by atomic mass is 10.1. The molecule has 0 fully saturated rings. The maximum atomic E-state index is 12.2. The summed E-state index contributed by atoms with van der Waals surface area (Å²) in [4.78, 5) is 61.7. The molecule has 0 aromatic rings. The molecule has 0 spiro atoms. The van der Waals surface area contributed by atoms with Crippen LogP contribution in [0.15, 0.2) is 4.99 Å². The lowest BCUT2D eigenvalue weighted by molar-refractivity contribution is -0.142. The number of aliphatic hydroxyl groups is 1. The largest absolute Gasteiger partial charge is 0.481 e. The summed E-state index contributed by atoms with van der Waals surface area (Å²) in [6.45, 7) is -1.15. The lowest BCUT2D eigenvalue weighted by Crippen LogP contribution is -2.54. The third-order valence-electron chi connectivity index (χ3n) is 3.82. The number of aliphatic carboxylic acids is 2. The van der Waals surface area contributed by atoms with Crippen molar-refractivity contribution >= 4 is 35.6 Å². The van der Waals surface area contributed by atoms with Crippen molar-refractivity contribution in [2.45, 2.75) is 43.8 Å². The second kappa shape index (κ2) is 14.5. The first-order chi connectivity index (χ1) is 14.5. The van der Waals surface area contributed by atoms with E-state index in [1.54, 1.807) is 0 Å². The molecular formula is C16H29N7O8. The van der Waals surface area contributed by atoms with Gasteiger partial charge in [-0.05, 0) is 19.3 Å². The van der Waals surface area contributed by atoms with Gasteiger partial charge in [-0.1, -0.05) is 0 Å². The molecule has 0 saturated heterocycles. The van der Waals surface area contributed by atoms with E-state index in [1.165, 1.54) is 0 Å². The fourth-order valence-corrected chi connectivity index (χ4v) is 2.20.